The van der Waals surface area contributed by atoms with Gasteiger partial charge in [0.25, 0.3) is 0 Å². The van der Waals surface area contributed by atoms with Gasteiger partial charge in [-0.1, -0.05) is 0 Å². The first-order valence-corrected chi connectivity index (χ1v) is 8.14. The molecule has 22 heavy (non-hydrogen) atoms. The standard InChI is InChI=1S/C17H24N4O/c1-13(2)18-16(22)12-21-11-8-14-6-7-15(19-17(14)21)20-9-4-3-5-10-20/h6-8,11,13H,3-5,9-10,12H2,1-2H3,(H,18,22). The minimum Gasteiger partial charge on any atom is -0.357 e. The third kappa shape index (κ3) is 3.24. The van der Waals surface area contributed by atoms with Gasteiger partial charge in [0, 0.05) is 30.7 Å². The average Bonchev–Trinajstić information content (AvgIpc) is 2.89. The van der Waals surface area contributed by atoms with E-state index in [1.807, 2.05) is 30.7 Å². The van der Waals surface area contributed by atoms with Crippen LogP contribution in [0.25, 0.3) is 11.0 Å². The first-order valence-electron chi connectivity index (χ1n) is 8.14. The Kier molecular flexibility index (Phi) is 4.32. The second-order valence-corrected chi connectivity index (χ2v) is 6.30. The highest BCUT2D eigenvalue weighted by molar-refractivity contribution is 5.82. The van der Waals surface area contributed by atoms with E-state index in [1.54, 1.807) is 0 Å². The van der Waals surface area contributed by atoms with E-state index in [9.17, 15) is 4.79 Å². The zero-order valence-electron chi connectivity index (χ0n) is 13.4. The maximum Gasteiger partial charge on any atom is 0.240 e. The van der Waals surface area contributed by atoms with Crippen LogP contribution in [0.3, 0.4) is 0 Å². The number of hydrogen-bond donors (Lipinski definition) is 1. The summed E-state index contributed by atoms with van der Waals surface area (Å²) in [6.07, 6.45) is 5.72. The van der Waals surface area contributed by atoms with Gasteiger partial charge in [0.05, 0.1) is 0 Å². The molecule has 0 atom stereocenters. The molecule has 1 saturated heterocycles. The fourth-order valence-corrected chi connectivity index (χ4v) is 3.00. The number of hydrogen-bond acceptors (Lipinski definition) is 3. The summed E-state index contributed by atoms with van der Waals surface area (Å²) in [6.45, 7) is 6.41. The second-order valence-electron chi connectivity index (χ2n) is 6.30. The Morgan fingerprint density at radius 1 is 1.23 bits per heavy atom. The largest absolute Gasteiger partial charge is 0.357 e. The van der Waals surface area contributed by atoms with Gasteiger partial charge in [0.15, 0.2) is 0 Å². The molecule has 0 spiro atoms. The highest BCUT2D eigenvalue weighted by Gasteiger charge is 2.14. The van der Waals surface area contributed by atoms with Crippen molar-refractivity contribution in [2.45, 2.75) is 45.7 Å². The number of pyridine rings is 1. The first kappa shape index (κ1) is 14.9. The monoisotopic (exact) mass is 300 g/mol. The van der Waals surface area contributed by atoms with Crippen molar-refractivity contribution in [3.05, 3.63) is 24.4 Å². The van der Waals surface area contributed by atoms with Gasteiger partial charge in [0.2, 0.25) is 5.91 Å². The predicted octanol–water partition coefficient (Wildman–Crippen LogP) is 2.55. The molecule has 0 radical (unpaired) electrons. The highest BCUT2D eigenvalue weighted by Crippen LogP contribution is 2.22. The van der Waals surface area contributed by atoms with Crippen LogP contribution in [0.4, 0.5) is 5.82 Å². The number of fused-ring (bicyclic) bond motifs is 1. The molecule has 0 aliphatic carbocycles. The molecular formula is C17H24N4O. The van der Waals surface area contributed by atoms with E-state index in [0.717, 1.165) is 29.9 Å². The molecule has 2 aromatic heterocycles. The van der Waals surface area contributed by atoms with Crippen molar-refractivity contribution in [2.75, 3.05) is 18.0 Å². The molecule has 3 rings (SSSR count). The molecule has 3 heterocycles. The molecule has 1 aliphatic rings. The van der Waals surface area contributed by atoms with Gasteiger partial charge in [-0.25, -0.2) is 4.98 Å². The topological polar surface area (TPSA) is 50.2 Å². The van der Waals surface area contributed by atoms with Gasteiger partial charge in [-0.2, -0.15) is 0 Å². The summed E-state index contributed by atoms with van der Waals surface area (Å²) in [5.41, 5.74) is 0.891. The van der Waals surface area contributed by atoms with Crippen LogP contribution < -0.4 is 10.2 Å². The lowest BCUT2D eigenvalue weighted by molar-refractivity contribution is -0.122. The summed E-state index contributed by atoms with van der Waals surface area (Å²) in [5.74, 6) is 1.05. The number of anilines is 1. The molecule has 1 aliphatic heterocycles. The van der Waals surface area contributed by atoms with Gasteiger partial charge < -0.3 is 14.8 Å². The van der Waals surface area contributed by atoms with Gasteiger partial charge in [-0.15, -0.1) is 0 Å². The fraction of sp³-hybridized carbons (Fsp3) is 0.529. The van der Waals surface area contributed by atoms with Crippen molar-refractivity contribution < 1.29 is 4.79 Å². The number of aromatic nitrogens is 2. The third-order valence-corrected chi connectivity index (χ3v) is 4.04. The first-order chi connectivity index (χ1) is 10.6. The number of amides is 1. The molecule has 1 amide bonds. The van der Waals surface area contributed by atoms with Gasteiger partial charge in [0.1, 0.15) is 18.0 Å². The number of nitrogens with one attached hydrogen (secondary N) is 1. The van der Waals surface area contributed by atoms with Crippen molar-refractivity contribution in [3.8, 4) is 0 Å². The Hall–Kier alpha value is -2.04. The number of rotatable bonds is 4. The van der Waals surface area contributed by atoms with Gasteiger partial charge >= 0.3 is 0 Å². The third-order valence-electron chi connectivity index (χ3n) is 4.04. The van der Waals surface area contributed by atoms with Crippen LogP contribution in [0.5, 0.6) is 0 Å². The molecule has 2 aromatic rings. The zero-order chi connectivity index (χ0) is 15.5. The summed E-state index contributed by atoms with van der Waals surface area (Å²) < 4.78 is 1.93. The summed E-state index contributed by atoms with van der Waals surface area (Å²) in [4.78, 5) is 19.1. The molecule has 1 fully saturated rings. The van der Waals surface area contributed by atoms with E-state index in [2.05, 4.69) is 22.3 Å². The number of nitrogens with zero attached hydrogens (tertiary/aromatic N) is 3. The summed E-state index contributed by atoms with van der Waals surface area (Å²) in [6, 6.07) is 6.37. The molecular weight excluding hydrogens is 276 g/mol. The minimum atomic E-state index is 0.0256. The van der Waals surface area contributed by atoms with Crippen LogP contribution in [-0.2, 0) is 11.3 Å². The van der Waals surface area contributed by atoms with Crippen LogP contribution in [0.2, 0.25) is 0 Å². The maximum absolute atomic E-state index is 12.0. The van der Waals surface area contributed by atoms with Crippen LogP contribution in [0.1, 0.15) is 33.1 Å². The van der Waals surface area contributed by atoms with Crippen molar-refractivity contribution >= 4 is 22.8 Å². The van der Waals surface area contributed by atoms with E-state index in [0.29, 0.717) is 6.54 Å². The summed E-state index contributed by atoms with van der Waals surface area (Å²) >= 11 is 0. The average molecular weight is 300 g/mol. The number of carbonyl (C=O) groups excluding carboxylic acids is 1. The minimum absolute atomic E-state index is 0.0256. The quantitative estimate of drug-likeness (QED) is 0.944. The second kappa shape index (κ2) is 6.38. The normalized spacial score (nSPS) is 15.5. The van der Waals surface area contributed by atoms with E-state index in [1.165, 1.54) is 19.3 Å². The Morgan fingerprint density at radius 3 is 2.73 bits per heavy atom. The Morgan fingerprint density at radius 2 is 2.00 bits per heavy atom. The predicted molar refractivity (Wildman–Crippen MR) is 89.1 cm³/mol. The van der Waals surface area contributed by atoms with E-state index in [4.69, 9.17) is 4.98 Å². The van der Waals surface area contributed by atoms with Gasteiger partial charge in [-0.3, -0.25) is 4.79 Å². The van der Waals surface area contributed by atoms with Crippen LogP contribution in [0, 0.1) is 0 Å². The van der Waals surface area contributed by atoms with Crippen molar-refractivity contribution in [1.29, 1.82) is 0 Å². The fourth-order valence-electron chi connectivity index (χ4n) is 3.00. The highest BCUT2D eigenvalue weighted by atomic mass is 16.2. The van der Waals surface area contributed by atoms with Crippen molar-refractivity contribution in [2.24, 2.45) is 0 Å². The molecule has 5 heteroatoms. The van der Waals surface area contributed by atoms with Gasteiger partial charge in [-0.05, 0) is 51.3 Å². The van der Waals surface area contributed by atoms with Crippen LogP contribution >= 0.6 is 0 Å². The zero-order valence-corrected chi connectivity index (χ0v) is 13.4. The number of carbonyl (C=O) groups is 1. The summed E-state index contributed by atoms with van der Waals surface area (Å²) in [5, 5.41) is 4.01. The molecule has 0 aromatic carbocycles. The molecule has 0 unspecified atom stereocenters. The number of piperidine rings is 1. The molecule has 0 saturated carbocycles. The lowest BCUT2D eigenvalue weighted by Crippen LogP contribution is -2.33. The van der Waals surface area contributed by atoms with E-state index in [-0.39, 0.29) is 11.9 Å². The lowest BCUT2D eigenvalue weighted by atomic mass is 10.1. The van der Waals surface area contributed by atoms with E-state index >= 15 is 0 Å². The molecule has 118 valence electrons. The molecule has 5 nitrogen and oxygen atoms in total. The summed E-state index contributed by atoms with van der Waals surface area (Å²) in [7, 11) is 0. The smallest absolute Gasteiger partial charge is 0.240 e. The molecule has 0 bridgehead atoms. The Balaban J connectivity index is 1.83. The van der Waals surface area contributed by atoms with E-state index < -0.39 is 0 Å². The van der Waals surface area contributed by atoms with Crippen molar-refractivity contribution in [1.82, 2.24) is 14.9 Å². The molecule has 1 N–H and O–H groups in total. The van der Waals surface area contributed by atoms with Crippen molar-refractivity contribution in [3.63, 3.8) is 0 Å². The van der Waals surface area contributed by atoms with Crippen LogP contribution in [0.15, 0.2) is 24.4 Å². The lowest BCUT2D eigenvalue weighted by Gasteiger charge is -2.27. The maximum atomic E-state index is 12.0. The Labute approximate surface area is 131 Å². The SMILES string of the molecule is CC(C)NC(=O)Cn1ccc2ccc(N3CCCCC3)nc21. The van der Waals surface area contributed by atoms with Crippen LogP contribution in [-0.4, -0.2) is 34.6 Å². The Bertz CT molecular complexity index is 656.